The van der Waals surface area contributed by atoms with Crippen molar-refractivity contribution in [1.82, 2.24) is 19.5 Å². The van der Waals surface area contributed by atoms with Crippen molar-refractivity contribution < 1.29 is 8.42 Å². The van der Waals surface area contributed by atoms with E-state index in [2.05, 4.69) is 14.8 Å². The molecule has 0 spiro atoms. The summed E-state index contributed by atoms with van der Waals surface area (Å²) >= 11 is 0. The number of nitrogens with one attached hydrogen (secondary N) is 1. The first kappa shape index (κ1) is 12.5. The molecule has 0 saturated carbocycles. The van der Waals surface area contributed by atoms with Gasteiger partial charge in [-0.05, 0) is 18.2 Å². The number of hydrogen-bond donors (Lipinski definition) is 2. The molecule has 7 nitrogen and oxygen atoms in total. The van der Waals surface area contributed by atoms with E-state index in [0.29, 0.717) is 6.54 Å². The number of hydrogen-bond acceptors (Lipinski definition) is 5. The van der Waals surface area contributed by atoms with Crippen LogP contribution < -0.4 is 10.5 Å². The normalized spacial score (nSPS) is 11.6. The molecule has 18 heavy (non-hydrogen) atoms. The van der Waals surface area contributed by atoms with E-state index >= 15 is 0 Å². The largest absolute Gasteiger partial charge is 0.384 e. The van der Waals surface area contributed by atoms with Gasteiger partial charge in [-0.25, -0.2) is 18.1 Å². The molecule has 3 N–H and O–H groups in total. The summed E-state index contributed by atoms with van der Waals surface area (Å²) in [6.45, 7) is 0.725. The second kappa shape index (κ2) is 5.15. The third kappa shape index (κ3) is 3.05. The van der Waals surface area contributed by atoms with Gasteiger partial charge in [0, 0.05) is 25.1 Å². The summed E-state index contributed by atoms with van der Waals surface area (Å²) in [5, 5.41) is 3.97. The molecule has 2 aromatic heterocycles. The highest BCUT2D eigenvalue weighted by atomic mass is 32.2. The molecule has 0 aliphatic carbocycles. The molecule has 0 radical (unpaired) electrons. The van der Waals surface area contributed by atoms with Gasteiger partial charge in [0.15, 0.2) is 0 Å². The topological polar surface area (TPSA) is 103 Å². The highest BCUT2D eigenvalue weighted by molar-refractivity contribution is 7.89. The Morgan fingerprint density at radius 3 is 2.83 bits per heavy atom. The first-order valence-corrected chi connectivity index (χ1v) is 6.75. The number of nitrogens with zero attached hydrogens (tertiary/aromatic N) is 3. The van der Waals surface area contributed by atoms with Crippen LogP contribution in [0.3, 0.4) is 0 Å². The zero-order chi connectivity index (χ0) is 13.0. The number of aromatic nitrogens is 3. The Morgan fingerprint density at radius 1 is 1.39 bits per heavy atom. The van der Waals surface area contributed by atoms with E-state index in [4.69, 9.17) is 5.73 Å². The van der Waals surface area contributed by atoms with Crippen molar-refractivity contribution in [2.24, 2.45) is 0 Å². The minimum atomic E-state index is -3.54. The minimum absolute atomic E-state index is 0.0946. The smallest absolute Gasteiger partial charge is 0.242 e. The van der Waals surface area contributed by atoms with Crippen LogP contribution in [0.2, 0.25) is 0 Å². The summed E-state index contributed by atoms with van der Waals surface area (Å²) in [6, 6.07) is 4.64. The van der Waals surface area contributed by atoms with E-state index in [9.17, 15) is 8.42 Å². The highest BCUT2D eigenvalue weighted by Crippen LogP contribution is 2.07. The lowest BCUT2D eigenvalue weighted by Gasteiger charge is -2.06. The molecular weight excluding hydrogens is 254 g/mol. The Bertz CT molecular complexity index is 592. The standard InChI is InChI=1S/C10H13N5O2S/c11-10-3-2-9(8-12-10)18(16,17)14-5-7-15-6-1-4-13-15/h1-4,6,8,14H,5,7H2,(H2,11,12). The van der Waals surface area contributed by atoms with Crippen LogP contribution in [0.5, 0.6) is 0 Å². The first-order chi connectivity index (χ1) is 8.58. The predicted molar refractivity (Wildman–Crippen MR) is 66.1 cm³/mol. The van der Waals surface area contributed by atoms with E-state index in [1.54, 1.807) is 23.1 Å². The maximum absolute atomic E-state index is 11.9. The summed E-state index contributed by atoms with van der Waals surface area (Å²) in [7, 11) is -3.54. The molecule has 0 aliphatic rings. The minimum Gasteiger partial charge on any atom is -0.384 e. The van der Waals surface area contributed by atoms with Gasteiger partial charge in [-0.3, -0.25) is 4.68 Å². The maximum atomic E-state index is 11.9. The van der Waals surface area contributed by atoms with Crippen LogP contribution >= 0.6 is 0 Å². The summed E-state index contributed by atoms with van der Waals surface area (Å²) < 4.78 is 27.8. The number of sulfonamides is 1. The lowest BCUT2D eigenvalue weighted by Crippen LogP contribution is -2.27. The van der Waals surface area contributed by atoms with Gasteiger partial charge in [0.05, 0.1) is 6.54 Å². The molecule has 0 amide bonds. The van der Waals surface area contributed by atoms with E-state index in [0.717, 1.165) is 0 Å². The van der Waals surface area contributed by atoms with E-state index in [1.807, 2.05) is 0 Å². The van der Waals surface area contributed by atoms with Gasteiger partial charge in [-0.15, -0.1) is 0 Å². The Hall–Kier alpha value is -1.93. The van der Waals surface area contributed by atoms with E-state index < -0.39 is 10.0 Å². The second-order valence-corrected chi connectivity index (χ2v) is 5.35. The van der Waals surface area contributed by atoms with E-state index in [-0.39, 0.29) is 17.3 Å². The number of anilines is 1. The van der Waals surface area contributed by atoms with Crippen LogP contribution in [-0.2, 0) is 16.6 Å². The van der Waals surface area contributed by atoms with Crippen LogP contribution in [0, 0.1) is 0 Å². The zero-order valence-corrected chi connectivity index (χ0v) is 10.3. The van der Waals surface area contributed by atoms with Gasteiger partial charge in [-0.2, -0.15) is 5.10 Å². The number of pyridine rings is 1. The molecule has 0 atom stereocenters. The average molecular weight is 267 g/mol. The highest BCUT2D eigenvalue weighted by Gasteiger charge is 2.13. The molecule has 2 rings (SSSR count). The predicted octanol–water partition coefficient (Wildman–Crippen LogP) is -0.161. The van der Waals surface area contributed by atoms with Crippen molar-refractivity contribution in [3.63, 3.8) is 0 Å². The second-order valence-electron chi connectivity index (χ2n) is 3.59. The maximum Gasteiger partial charge on any atom is 0.242 e. The number of rotatable bonds is 5. The van der Waals surface area contributed by atoms with Gasteiger partial charge in [-0.1, -0.05) is 0 Å². The molecule has 0 unspecified atom stereocenters. The molecule has 8 heteroatoms. The number of nitrogen functional groups attached to an aromatic ring is 1. The Labute approximate surface area is 105 Å². The summed E-state index contributed by atoms with van der Waals surface area (Å²) in [5.41, 5.74) is 5.40. The van der Waals surface area contributed by atoms with E-state index in [1.165, 1.54) is 18.3 Å². The Kier molecular flexibility index (Phi) is 3.58. The monoisotopic (exact) mass is 267 g/mol. The SMILES string of the molecule is Nc1ccc(S(=O)(=O)NCCn2cccn2)cn1. The van der Waals surface area contributed by atoms with Crippen LogP contribution in [0.25, 0.3) is 0 Å². The van der Waals surface area contributed by atoms with Crippen molar-refractivity contribution in [1.29, 1.82) is 0 Å². The third-order valence-electron chi connectivity index (χ3n) is 2.26. The molecule has 0 aromatic carbocycles. The van der Waals surface area contributed by atoms with Gasteiger partial charge in [0.1, 0.15) is 10.7 Å². The molecule has 0 fully saturated rings. The van der Waals surface area contributed by atoms with Gasteiger partial charge < -0.3 is 5.73 Å². The lowest BCUT2D eigenvalue weighted by molar-refractivity contribution is 0.560. The van der Waals surface area contributed by atoms with Crippen molar-refractivity contribution in [2.75, 3.05) is 12.3 Å². The summed E-state index contributed by atoms with van der Waals surface area (Å²) in [6.07, 6.45) is 4.63. The lowest BCUT2D eigenvalue weighted by atomic mass is 10.5. The fourth-order valence-electron chi connectivity index (χ4n) is 1.36. The van der Waals surface area contributed by atoms with Crippen molar-refractivity contribution in [2.45, 2.75) is 11.4 Å². The quantitative estimate of drug-likeness (QED) is 0.783. The molecular formula is C10H13N5O2S. The average Bonchev–Trinajstić information content (AvgIpc) is 2.82. The number of nitrogens with two attached hydrogens (primary N) is 1. The molecule has 0 saturated heterocycles. The van der Waals surface area contributed by atoms with Crippen LogP contribution in [-0.4, -0.2) is 29.7 Å². The molecule has 96 valence electrons. The molecule has 0 aliphatic heterocycles. The molecule has 2 aromatic rings. The van der Waals surface area contributed by atoms with Gasteiger partial charge in [0.2, 0.25) is 10.0 Å². The van der Waals surface area contributed by atoms with Gasteiger partial charge >= 0.3 is 0 Å². The van der Waals surface area contributed by atoms with Crippen molar-refractivity contribution in [3.05, 3.63) is 36.8 Å². The fraction of sp³-hybridized carbons (Fsp3) is 0.200. The molecule has 2 heterocycles. The Morgan fingerprint density at radius 2 is 2.22 bits per heavy atom. The third-order valence-corrected chi connectivity index (χ3v) is 3.71. The summed E-state index contributed by atoms with van der Waals surface area (Å²) in [4.78, 5) is 3.84. The van der Waals surface area contributed by atoms with Crippen LogP contribution in [0.1, 0.15) is 0 Å². The fourth-order valence-corrected chi connectivity index (χ4v) is 2.33. The van der Waals surface area contributed by atoms with Gasteiger partial charge in [0.25, 0.3) is 0 Å². The van der Waals surface area contributed by atoms with Crippen LogP contribution in [0.15, 0.2) is 41.7 Å². The molecule has 0 bridgehead atoms. The summed E-state index contributed by atoms with van der Waals surface area (Å²) in [5.74, 6) is 0.283. The van der Waals surface area contributed by atoms with Crippen molar-refractivity contribution in [3.8, 4) is 0 Å². The van der Waals surface area contributed by atoms with Crippen molar-refractivity contribution >= 4 is 15.8 Å². The zero-order valence-electron chi connectivity index (χ0n) is 9.52. The first-order valence-electron chi connectivity index (χ1n) is 5.26. The Balaban J connectivity index is 1.97. The van der Waals surface area contributed by atoms with Crippen LogP contribution in [0.4, 0.5) is 5.82 Å².